The van der Waals surface area contributed by atoms with E-state index in [0.717, 1.165) is 95.5 Å². The number of esters is 1. The molecule has 2 fully saturated rings. The Balaban J connectivity index is 1.16. The first-order chi connectivity index (χ1) is 20.9. The van der Waals surface area contributed by atoms with Crippen LogP contribution in [0.5, 0.6) is 0 Å². The molecule has 0 radical (unpaired) electrons. The number of carbonyl (C=O) groups excluding carboxylic acids is 1. The van der Waals surface area contributed by atoms with Gasteiger partial charge >= 0.3 is 5.97 Å². The molecule has 43 heavy (non-hydrogen) atoms. The summed E-state index contributed by atoms with van der Waals surface area (Å²) in [5, 5.41) is 31.8. The van der Waals surface area contributed by atoms with E-state index < -0.39 is 6.10 Å². The maximum absolute atomic E-state index is 11.6. The first kappa shape index (κ1) is 36.5. The van der Waals surface area contributed by atoms with Gasteiger partial charge in [-0.2, -0.15) is 0 Å². The molecule has 0 unspecified atom stereocenters. The number of aliphatic hydroxyl groups is 3. The van der Waals surface area contributed by atoms with Gasteiger partial charge in [0.15, 0.2) is 0 Å². The highest BCUT2D eigenvalue weighted by Gasteiger charge is 2.40. The quantitative estimate of drug-likeness (QED) is 0.0771. The van der Waals surface area contributed by atoms with Crippen LogP contribution in [-0.2, 0) is 19.0 Å². The Labute approximate surface area is 262 Å². The topological polar surface area (TPSA) is 105 Å². The van der Waals surface area contributed by atoms with Crippen LogP contribution in [0, 0.1) is 0 Å². The van der Waals surface area contributed by atoms with Crippen molar-refractivity contribution in [2.75, 3.05) is 0 Å². The summed E-state index contributed by atoms with van der Waals surface area (Å²) >= 11 is 0. The minimum absolute atomic E-state index is 0.0119. The molecule has 7 nitrogen and oxygen atoms in total. The summed E-state index contributed by atoms with van der Waals surface area (Å²) < 4.78 is 17.6. The molecule has 3 aliphatic rings. The molecule has 3 aliphatic heterocycles. The molecule has 2 saturated heterocycles. The molecule has 0 spiro atoms. The monoisotopic (exact) mass is 608 g/mol. The third kappa shape index (κ3) is 13.9. The zero-order chi connectivity index (χ0) is 30.9. The molecule has 0 aliphatic carbocycles. The fourth-order valence-electron chi connectivity index (χ4n) is 7.10. The van der Waals surface area contributed by atoms with Crippen LogP contribution in [0.2, 0.25) is 0 Å². The highest BCUT2D eigenvalue weighted by Crippen LogP contribution is 2.34. The summed E-state index contributed by atoms with van der Waals surface area (Å²) in [4.78, 5) is 11.6. The lowest BCUT2D eigenvalue weighted by molar-refractivity contribution is -0.139. The molecule has 0 aromatic rings. The third-order valence-electron chi connectivity index (χ3n) is 9.81. The SMILES string of the molecule is CCCCCCCCCC[C@@H](O)[C@H]1CC[C@@H]([C@H]2CC[C@H]([C@H](O)CCC[C@H](O)CCCCCCCC3=C[C@H](C)OC3=O)O2)O1. The largest absolute Gasteiger partial charge is 0.455 e. The number of aliphatic hydroxyl groups excluding tert-OH is 3. The molecule has 250 valence electrons. The predicted octanol–water partition coefficient (Wildman–Crippen LogP) is 7.47. The van der Waals surface area contributed by atoms with E-state index in [2.05, 4.69) is 6.92 Å². The number of unbranched alkanes of at least 4 members (excludes halogenated alkanes) is 11. The minimum atomic E-state index is -0.503. The number of cyclic esters (lactones) is 1. The summed E-state index contributed by atoms with van der Waals surface area (Å²) in [7, 11) is 0. The van der Waals surface area contributed by atoms with Crippen molar-refractivity contribution in [2.45, 2.75) is 210 Å². The van der Waals surface area contributed by atoms with Crippen molar-refractivity contribution in [2.24, 2.45) is 0 Å². The first-order valence-corrected chi connectivity index (χ1v) is 18.1. The summed E-state index contributed by atoms with van der Waals surface area (Å²) in [6.07, 6.45) is 24.1. The second-order valence-electron chi connectivity index (χ2n) is 13.7. The van der Waals surface area contributed by atoms with Crippen LogP contribution in [0.15, 0.2) is 11.6 Å². The number of rotatable bonds is 24. The maximum Gasteiger partial charge on any atom is 0.334 e. The van der Waals surface area contributed by atoms with Gasteiger partial charge in [0.25, 0.3) is 0 Å². The average molecular weight is 609 g/mol. The van der Waals surface area contributed by atoms with Gasteiger partial charge in [-0.3, -0.25) is 0 Å². The van der Waals surface area contributed by atoms with Crippen LogP contribution in [-0.4, -0.2) is 70.1 Å². The van der Waals surface area contributed by atoms with E-state index in [4.69, 9.17) is 14.2 Å². The molecule has 3 rings (SSSR count). The maximum atomic E-state index is 11.6. The molecular weight excluding hydrogens is 544 g/mol. The zero-order valence-electron chi connectivity index (χ0n) is 27.4. The van der Waals surface area contributed by atoms with Gasteiger partial charge in [-0.25, -0.2) is 4.79 Å². The van der Waals surface area contributed by atoms with E-state index in [1.165, 1.54) is 44.9 Å². The second kappa shape index (κ2) is 20.9. The lowest BCUT2D eigenvalue weighted by Gasteiger charge is -2.24. The van der Waals surface area contributed by atoms with Crippen LogP contribution in [0.1, 0.15) is 162 Å². The van der Waals surface area contributed by atoms with E-state index in [1.54, 1.807) is 0 Å². The van der Waals surface area contributed by atoms with Gasteiger partial charge in [0, 0.05) is 5.57 Å². The van der Waals surface area contributed by atoms with Crippen LogP contribution >= 0.6 is 0 Å². The Kier molecular flexibility index (Phi) is 17.8. The molecule has 0 saturated carbocycles. The molecule has 3 heterocycles. The van der Waals surface area contributed by atoms with Crippen molar-refractivity contribution in [3.05, 3.63) is 11.6 Å². The number of hydrogen-bond acceptors (Lipinski definition) is 7. The Morgan fingerprint density at radius 1 is 0.674 bits per heavy atom. The molecule has 7 heteroatoms. The Hall–Kier alpha value is -0.990. The van der Waals surface area contributed by atoms with Crippen LogP contribution in [0.3, 0.4) is 0 Å². The smallest absolute Gasteiger partial charge is 0.334 e. The molecular formula is C36H64O7. The van der Waals surface area contributed by atoms with Gasteiger partial charge in [-0.15, -0.1) is 0 Å². The van der Waals surface area contributed by atoms with Gasteiger partial charge in [0.2, 0.25) is 0 Å². The Morgan fingerprint density at radius 2 is 1.16 bits per heavy atom. The standard InChI is InChI=1S/C36H64O7/c1-3-4-5-6-7-8-12-15-20-30(38)32-22-24-34(42-32)35-25-23-33(43-35)31(39)21-16-19-29(37)18-14-11-9-10-13-17-28-26-27(2)41-36(28)40/h26-27,29-35,37-39H,3-25H2,1-2H3/t27-,29+,30+,31+,32+,33+,34-,35+/m0/s1. The van der Waals surface area contributed by atoms with E-state index in [-0.39, 0.29) is 48.7 Å². The molecule has 0 aromatic heterocycles. The fourth-order valence-corrected chi connectivity index (χ4v) is 7.10. The average Bonchev–Trinajstić information content (AvgIpc) is 3.74. The molecule has 0 amide bonds. The van der Waals surface area contributed by atoms with Gasteiger partial charge in [0.1, 0.15) is 6.10 Å². The number of carbonyl (C=O) groups is 1. The highest BCUT2D eigenvalue weighted by molar-refractivity contribution is 5.90. The minimum Gasteiger partial charge on any atom is -0.455 e. The van der Waals surface area contributed by atoms with Gasteiger partial charge < -0.3 is 29.5 Å². The first-order valence-electron chi connectivity index (χ1n) is 18.1. The van der Waals surface area contributed by atoms with Gasteiger partial charge in [-0.1, -0.05) is 84.0 Å². The molecule has 0 aromatic carbocycles. The highest BCUT2D eigenvalue weighted by atomic mass is 16.6. The van der Waals surface area contributed by atoms with Gasteiger partial charge in [0.05, 0.1) is 42.7 Å². The fraction of sp³-hybridized carbons (Fsp3) is 0.917. The normalized spacial score (nSPS) is 27.8. The molecule has 0 bridgehead atoms. The summed E-state index contributed by atoms with van der Waals surface area (Å²) in [5.41, 5.74) is 0.823. The lowest BCUT2D eigenvalue weighted by atomic mass is 9.99. The van der Waals surface area contributed by atoms with E-state index in [0.29, 0.717) is 12.8 Å². The number of hydrogen-bond donors (Lipinski definition) is 3. The summed E-state index contributed by atoms with van der Waals surface area (Å²) in [5.74, 6) is -0.156. The molecule has 8 atom stereocenters. The molecule has 3 N–H and O–H groups in total. The van der Waals surface area contributed by atoms with E-state index >= 15 is 0 Å². The van der Waals surface area contributed by atoms with Crippen LogP contribution in [0.25, 0.3) is 0 Å². The van der Waals surface area contributed by atoms with Crippen molar-refractivity contribution >= 4 is 5.97 Å². The van der Waals surface area contributed by atoms with E-state index in [1.807, 2.05) is 13.0 Å². The van der Waals surface area contributed by atoms with Crippen molar-refractivity contribution in [1.82, 2.24) is 0 Å². The van der Waals surface area contributed by atoms with Gasteiger partial charge in [-0.05, 0) is 83.6 Å². The summed E-state index contributed by atoms with van der Waals surface area (Å²) in [6.45, 7) is 4.14. The van der Waals surface area contributed by atoms with Crippen LogP contribution in [0.4, 0.5) is 0 Å². The van der Waals surface area contributed by atoms with Crippen molar-refractivity contribution < 1.29 is 34.3 Å². The van der Waals surface area contributed by atoms with Crippen molar-refractivity contribution in [1.29, 1.82) is 0 Å². The van der Waals surface area contributed by atoms with E-state index in [9.17, 15) is 20.1 Å². The zero-order valence-corrected chi connectivity index (χ0v) is 27.4. The lowest BCUT2D eigenvalue weighted by Crippen LogP contribution is -2.33. The van der Waals surface area contributed by atoms with Crippen molar-refractivity contribution in [3.63, 3.8) is 0 Å². The number of ether oxygens (including phenoxy) is 3. The Morgan fingerprint density at radius 3 is 1.72 bits per heavy atom. The Bertz CT molecular complexity index is 786. The summed E-state index contributed by atoms with van der Waals surface area (Å²) in [6, 6.07) is 0. The second-order valence-corrected chi connectivity index (χ2v) is 13.7. The van der Waals surface area contributed by atoms with Crippen LogP contribution < -0.4 is 0 Å². The predicted molar refractivity (Wildman–Crippen MR) is 171 cm³/mol. The van der Waals surface area contributed by atoms with Crippen molar-refractivity contribution in [3.8, 4) is 0 Å². The third-order valence-corrected chi connectivity index (χ3v) is 9.81.